The summed E-state index contributed by atoms with van der Waals surface area (Å²) >= 11 is 0. The number of aryl methyl sites for hydroxylation is 2. The van der Waals surface area contributed by atoms with E-state index in [1.54, 1.807) is 18.3 Å². The molecular weight excluding hydrogens is 492 g/mol. The smallest absolute Gasteiger partial charge is 0.305 e. The number of amides is 2. The molecule has 202 valence electrons. The average molecular weight is 526 g/mol. The normalized spacial score (nSPS) is 11.2. The number of carbonyl (C=O) groups excluding carboxylic acids is 2. The quantitative estimate of drug-likeness (QED) is 0.309. The summed E-state index contributed by atoms with van der Waals surface area (Å²) in [6.45, 7) is 8.68. The summed E-state index contributed by atoms with van der Waals surface area (Å²) in [5.41, 5.74) is 3.23. The van der Waals surface area contributed by atoms with E-state index in [0.717, 1.165) is 29.2 Å². The molecule has 0 radical (unpaired) electrons. The summed E-state index contributed by atoms with van der Waals surface area (Å²) in [6.07, 6.45) is 2.35. The molecule has 9 heteroatoms. The molecule has 3 aromatic rings. The molecule has 1 aromatic heterocycles. The van der Waals surface area contributed by atoms with Gasteiger partial charge in [-0.2, -0.15) is 0 Å². The van der Waals surface area contributed by atoms with Crippen LogP contribution in [0.5, 0.6) is 0 Å². The van der Waals surface area contributed by atoms with Gasteiger partial charge in [0, 0.05) is 18.3 Å². The number of carbonyl (C=O) groups is 3. The maximum absolute atomic E-state index is 14.2. The first-order chi connectivity index (χ1) is 18.0. The van der Waals surface area contributed by atoms with E-state index in [1.165, 1.54) is 6.07 Å². The standard InChI is InChI=1S/C18H17F2NO3.C11H16N2O/c1-10-4-3-5-11(2)17(10)12-6-13(18(20)14(19)7-12)15(21-9-22)8-16(23)24;1-9(2)6-8-13-11(14)10-5-3-4-7-12-10/h3-7,9,15H,8H2,1-2H3,(H,21,22)(H,23,24);3-5,7,9H,6,8H2,1-2H3,(H,13,14)/t15-;/m0./s1. The van der Waals surface area contributed by atoms with Crippen molar-refractivity contribution in [2.24, 2.45) is 5.92 Å². The van der Waals surface area contributed by atoms with Gasteiger partial charge in [-0.15, -0.1) is 0 Å². The molecule has 0 spiro atoms. The van der Waals surface area contributed by atoms with Crippen molar-refractivity contribution in [1.29, 1.82) is 0 Å². The van der Waals surface area contributed by atoms with E-state index in [9.17, 15) is 23.2 Å². The lowest BCUT2D eigenvalue weighted by molar-refractivity contribution is -0.137. The third-order valence-electron chi connectivity index (χ3n) is 5.75. The minimum Gasteiger partial charge on any atom is -0.481 e. The van der Waals surface area contributed by atoms with Crippen LogP contribution in [-0.4, -0.2) is 34.9 Å². The minimum atomic E-state index is -1.23. The summed E-state index contributed by atoms with van der Waals surface area (Å²) in [5, 5.41) is 14.0. The van der Waals surface area contributed by atoms with Crippen LogP contribution in [0.3, 0.4) is 0 Å². The van der Waals surface area contributed by atoms with Gasteiger partial charge >= 0.3 is 5.97 Å². The lowest BCUT2D eigenvalue weighted by atomic mass is 9.92. The van der Waals surface area contributed by atoms with E-state index in [-0.39, 0.29) is 17.9 Å². The van der Waals surface area contributed by atoms with Gasteiger partial charge in [0.25, 0.3) is 5.91 Å². The Balaban J connectivity index is 0.000000308. The van der Waals surface area contributed by atoms with Crippen molar-refractivity contribution < 1.29 is 28.3 Å². The molecule has 0 saturated carbocycles. The number of hydrogen-bond donors (Lipinski definition) is 3. The maximum Gasteiger partial charge on any atom is 0.305 e. The Bertz CT molecular complexity index is 1230. The molecule has 0 fully saturated rings. The lowest BCUT2D eigenvalue weighted by Gasteiger charge is -2.18. The fourth-order valence-electron chi connectivity index (χ4n) is 3.86. The zero-order valence-corrected chi connectivity index (χ0v) is 21.9. The predicted molar refractivity (Wildman–Crippen MR) is 141 cm³/mol. The summed E-state index contributed by atoms with van der Waals surface area (Å²) in [5.74, 6) is -2.96. The first-order valence-electron chi connectivity index (χ1n) is 12.2. The number of carboxylic acid groups (broad SMARTS) is 1. The summed E-state index contributed by atoms with van der Waals surface area (Å²) in [7, 11) is 0. The van der Waals surface area contributed by atoms with Crippen molar-refractivity contribution in [3.05, 3.63) is 88.7 Å². The van der Waals surface area contributed by atoms with Crippen molar-refractivity contribution in [3.8, 4) is 11.1 Å². The highest BCUT2D eigenvalue weighted by molar-refractivity contribution is 5.92. The van der Waals surface area contributed by atoms with E-state index >= 15 is 0 Å². The zero-order valence-electron chi connectivity index (χ0n) is 21.9. The van der Waals surface area contributed by atoms with Crippen molar-refractivity contribution in [1.82, 2.24) is 15.6 Å². The molecule has 3 N–H and O–H groups in total. The number of benzene rings is 2. The molecule has 0 unspecified atom stereocenters. The Morgan fingerprint density at radius 3 is 2.29 bits per heavy atom. The maximum atomic E-state index is 14.2. The number of halogens is 2. The van der Waals surface area contributed by atoms with Gasteiger partial charge in [0.2, 0.25) is 6.41 Å². The minimum absolute atomic E-state index is 0.0914. The highest BCUT2D eigenvalue weighted by Crippen LogP contribution is 2.32. The molecule has 0 saturated heterocycles. The van der Waals surface area contributed by atoms with Gasteiger partial charge < -0.3 is 15.7 Å². The molecule has 0 bridgehead atoms. The molecular formula is C29H33F2N3O4. The first-order valence-corrected chi connectivity index (χ1v) is 12.2. The molecule has 0 aliphatic carbocycles. The fourth-order valence-corrected chi connectivity index (χ4v) is 3.86. The van der Waals surface area contributed by atoms with E-state index in [4.69, 9.17) is 5.11 Å². The van der Waals surface area contributed by atoms with Crippen LogP contribution in [0.1, 0.15) is 59.9 Å². The monoisotopic (exact) mass is 525 g/mol. The van der Waals surface area contributed by atoms with Gasteiger partial charge in [0.05, 0.1) is 12.5 Å². The van der Waals surface area contributed by atoms with Crippen LogP contribution in [0, 0.1) is 31.4 Å². The Morgan fingerprint density at radius 2 is 1.74 bits per heavy atom. The molecule has 1 heterocycles. The highest BCUT2D eigenvalue weighted by Gasteiger charge is 2.23. The Morgan fingerprint density at radius 1 is 1.05 bits per heavy atom. The van der Waals surface area contributed by atoms with Gasteiger partial charge in [0.15, 0.2) is 11.6 Å². The molecule has 0 aliphatic heterocycles. The van der Waals surface area contributed by atoms with Crippen LogP contribution in [0.2, 0.25) is 0 Å². The first kappa shape index (κ1) is 30.1. The van der Waals surface area contributed by atoms with Crippen molar-refractivity contribution >= 4 is 18.3 Å². The van der Waals surface area contributed by atoms with Gasteiger partial charge in [-0.05, 0) is 72.7 Å². The molecule has 1 atom stereocenters. The van der Waals surface area contributed by atoms with Gasteiger partial charge in [-0.1, -0.05) is 38.1 Å². The summed E-state index contributed by atoms with van der Waals surface area (Å²) < 4.78 is 28.3. The number of rotatable bonds is 10. The van der Waals surface area contributed by atoms with Gasteiger partial charge in [-0.25, -0.2) is 8.78 Å². The predicted octanol–water partition coefficient (Wildman–Crippen LogP) is 5.37. The van der Waals surface area contributed by atoms with Crippen LogP contribution in [0.4, 0.5) is 8.78 Å². The zero-order chi connectivity index (χ0) is 28.2. The van der Waals surface area contributed by atoms with E-state index in [2.05, 4.69) is 29.5 Å². The Labute approximate surface area is 221 Å². The molecule has 7 nitrogen and oxygen atoms in total. The van der Waals surface area contributed by atoms with Gasteiger partial charge in [0.1, 0.15) is 5.69 Å². The number of carboxylic acids is 1. The van der Waals surface area contributed by atoms with E-state index < -0.39 is 30.1 Å². The van der Waals surface area contributed by atoms with Crippen LogP contribution in [0.25, 0.3) is 11.1 Å². The number of nitrogens with one attached hydrogen (secondary N) is 2. The van der Waals surface area contributed by atoms with Crippen molar-refractivity contribution in [3.63, 3.8) is 0 Å². The average Bonchev–Trinajstić information content (AvgIpc) is 2.86. The third-order valence-corrected chi connectivity index (χ3v) is 5.75. The van der Waals surface area contributed by atoms with Crippen molar-refractivity contribution in [2.45, 2.75) is 46.6 Å². The second-order valence-electron chi connectivity index (χ2n) is 9.22. The second-order valence-corrected chi connectivity index (χ2v) is 9.22. The lowest BCUT2D eigenvalue weighted by Crippen LogP contribution is -2.25. The second kappa shape index (κ2) is 14.6. The Kier molecular flexibility index (Phi) is 11.5. The van der Waals surface area contributed by atoms with E-state index in [1.807, 2.05) is 38.1 Å². The fraction of sp³-hybridized carbons (Fsp3) is 0.310. The molecule has 38 heavy (non-hydrogen) atoms. The topological polar surface area (TPSA) is 108 Å². The number of aliphatic carboxylic acids is 1. The largest absolute Gasteiger partial charge is 0.481 e. The molecule has 3 rings (SSSR count). The molecule has 2 amide bonds. The van der Waals surface area contributed by atoms with Gasteiger partial charge in [-0.3, -0.25) is 19.4 Å². The van der Waals surface area contributed by atoms with Crippen LogP contribution >= 0.6 is 0 Å². The van der Waals surface area contributed by atoms with E-state index in [0.29, 0.717) is 23.7 Å². The number of nitrogens with zero attached hydrogens (tertiary/aromatic N) is 1. The highest BCUT2D eigenvalue weighted by atomic mass is 19.2. The van der Waals surface area contributed by atoms with Crippen LogP contribution in [-0.2, 0) is 9.59 Å². The number of aromatic nitrogens is 1. The SMILES string of the molecule is CC(C)CCNC(=O)c1ccccn1.Cc1cccc(C)c1-c1cc(F)c(F)c([C@H](CC(=O)O)NC=O)c1. The molecule has 0 aliphatic rings. The van der Waals surface area contributed by atoms with Crippen LogP contribution in [0.15, 0.2) is 54.7 Å². The summed E-state index contributed by atoms with van der Waals surface area (Å²) in [4.78, 5) is 37.1. The molecule has 2 aromatic carbocycles. The number of pyridine rings is 1. The van der Waals surface area contributed by atoms with Crippen molar-refractivity contribution in [2.75, 3.05) is 6.54 Å². The Hall–Kier alpha value is -4.14. The third kappa shape index (κ3) is 8.76. The van der Waals surface area contributed by atoms with Crippen LogP contribution < -0.4 is 10.6 Å². The number of hydrogen-bond acceptors (Lipinski definition) is 4. The summed E-state index contributed by atoms with van der Waals surface area (Å²) in [6, 6.07) is 12.2.